The fourth-order valence-electron chi connectivity index (χ4n) is 2.27. The lowest BCUT2D eigenvalue weighted by molar-refractivity contribution is 0.0948. The third kappa shape index (κ3) is 3.70. The third-order valence-electron chi connectivity index (χ3n) is 3.42. The summed E-state index contributed by atoms with van der Waals surface area (Å²) in [5, 5.41) is 3.17. The van der Waals surface area contributed by atoms with E-state index in [2.05, 4.69) is 10.3 Å². The standard InChI is InChI=1S/C18H13ClN2O4/c1-24-16-10-15-12(14(19)7-8-20-15)9-13(16)17(22)21-18(23)25-11-5-3-2-4-6-11/h2-10H,1H3,(H,21,22,23). The molecule has 2 aromatic carbocycles. The van der Waals surface area contributed by atoms with Crippen molar-refractivity contribution in [3.8, 4) is 11.5 Å². The average molecular weight is 357 g/mol. The molecule has 0 aliphatic heterocycles. The fourth-order valence-corrected chi connectivity index (χ4v) is 2.48. The molecule has 0 fully saturated rings. The van der Waals surface area contributed by atoms with E-state index < -0.39 is 12.0 Å². The first-order chi connectivity index (χ1) is 12.1. The molecule has 0 saturated carbocycles. The van der Waals surface area contributed by atoms with Crippen molar-refractivity contribution in [1.29, 1.82) is 0 Å². The largest absolute Gasteiger partial charge is 0.496 e. The van der Waals surface area contributed by atoms with Gasteiger partial charge in [0.15, 0.2) is 0 Å². The molecule has 3 aromatic rings. The SMILES string of the molecule is COc1cc2nccc(Cl)c2cc1C(=O)NC(=O)Oc1ccccc1. The fraction of sp³-hybridized carbons (Fsp3) is 0.0556. The highest BCUT2D eigenvalue weighted by Gasteiger charge is 2.18. The Hall–Kier alpha value is -3.12. The Morgan fingerprint density at radius 3 is 2.60 bits per heavy atom. The van der Waals surface area contributed by atoms with Crippen LogP contribution in [0.1, 0.15) is 10.4 Å². The van der Waals surface area contributed by atoms with Gasteiger partial charge in [0.25, 0.3) is 5.91 Å². The number of carbonyl (C=O) groups excluding carboxylic acids is 2. The Labute approximate surface area is 148 Å². The van der Waals surface area contributed by atoms with E-state index in [4.69, 9.17) is 21.1 Å². The maximum Gasteiger partial charge on any atom is 0.419 e. The lowest BCUT2D eigenvalue weighted by Crippen LogP contribution is -2.33. The molecule has 1 aromatic heterocycles. The highest BCUT2D eigenvalue weighted by Crippen LogP contribution is 2.29. The van der Waals surface area contributed by atoms with E-state index in [1.165, 1.54) is 13.2 Å². The molecular formula is C18H13ClN2O4. The summed E-state index contributed by atoms with van der Waals surface area (Å²) in [6, 6.07) is 13.1. The summed E-state index contributed by atoms with van der Waals surface area (Å²) < 4.78 is 10.3. The van der Waals surface area contributed by atoms with Crippen molar-refractivity contribution >= 4 is 34.5 Å². The first-order valence-corrected chi connectivity index (χ1v) is 7.67. The van der Waals surface area contributed by atoms with Gasteiger partial charge in [-0.25, -0.2) is 4.79 Å². The third-order valence-corrected chi connectivity index (χ3v) is 3.75. The maximum absolute atomic E-state index is 12.4. The summed E-state index contributed by atoms with van der Waals surface area (Å²) >= 11 is 6.14. The van der Waals surface area contributed by atoms with Gasteiger partial charge in [-0.05, 0) is 24.3 Å². The van der Waals surface area contributed by atoms with Crippen LogP contribution in [0.15, 0.2) is 54.7 Å². The zero-order chi connectivity index (χ0) is 17.8. The summed E-state index contributed by atoms with van der Waals surface area (Å²) in [6.45, 7) is 0. The number of aromatic nitrogens is 1. The predicted octanol–water partition coefficient (Wildman–Crippen LogP) is 3.83. The van der Waals surface area contributed by atoms with Gasteiger partial charge in [0.05, 0.1) is 23.2 Å². The number of carbonyl (C=O) groups is 2. The van der Waals surface area contributed by atoms with Crippen molar-refractivity contribution in [2.75, 3.05) is 7.11 Å². The lowest BCUT2D eigenvalue weighted by Gasteiger charge is -2.11. The first kappa shape index (κ1) is 16.7. The Balaban J connectivity index is 1.86. The number of methoxy groups -OCH3 is 1. The number of para-hydroxylation sites is 1. The highest BCUT2D eigenvalue weighted by molar-refractivity contribution is 6.35. The molecule has 0 bridgehead atoms. The molecule has 1 N–H and O–H groups in total. The van der Waals surface area contributed by atoms with Crippen LogP contribution in [-0.4, -0.2) is 24.1 Å². The quantitative estimate of drug-likeness (QED) is 0.771. The number of hydrogen-bond acceptors (Lipinski definition) is 5. The first-order valence-electron chi connectivity index (χ1n) is 7.29. The number of benzene rings is 2. The molecule has 2 amide bonds. The smallest absolute Gasteiger partial charge is 0.419 e. The number of nitrogens with zero attached hydrogens (tertiary/aromatic N) is 1. The van der Waals surface area contributed by atoms with E-state index in [0.717, 1.165) is 0 Å². The lowest BCUT2D eigenvalue weighted by atomic mass is 10.1. The Kier molecular flexibility index (Phi) is 4.81. The van der Waals surface area contributed by atoms with Crippen LogP contribution in [0.5, 0.6) is 11.5 Å². The van der Waals surface area contributed by atoms with Gasteiger partial charge in [-0.15, -0.1) is 0 Å². The van der Waals surface area contributed by atoms with Gasteiger partial charge in [0.1, 0.15) is 11.5 Å². The topological polar surface area (TPSA) is 77.5 Å². The van der Waals surface area contributed by atoms with E-state index in [1.807, 2.05) is 0 Å². The second-order valence-corrected chi connectivity index (χ2v) is 5.43. The molecule has 0 aliphatic rings. The number of hydrogen-bond donors (Lipinski definition) is 1. The molecule has 0 aliphatic carbocycles. The van der Waals surface area contributed by atoms with Crippen LogP contribution < -0.4 is 14.8 Å². The maximum atomic E-state index is 12.4. The number of amides is 2. The average Bonchev–Trinajstić information content (AvgIpc) is 2.61. The summed E-state index contributed by atoms with van der Waals surface area (Å²) in [5.41, 5.74) is 0.725. The number of rotatable bonds is 3. The van der Waals surface area contributed by atoms with Crippen LogP contribution in [0.2, 0.25) is 5.02 Å². The molecule has 126 valence electrons. The van der Waals surface area contributed by atoms with Gasteiger partial charge >= 0.3 is 6.09 Å². The van der Waals surface area contributed by atoms with Gasteiger partial charge in [-0.1, -0.05) is 29.8 Å². The van der Waals surface area contributed by atoms with Crippen LogP contribution in [-0.2, 0) is 0 Å². The minimum absolute atomic E-state index is 0.148. The molecule has 0 unspecified atom stereocenters. The van der Waals surface area contributed by atoms with Crippen molar-refractivity contribution in [2.45, 2.75) is 0 Å². The van der Waals surface area contributed by atoms with Gasteiger partial charge in [0, 0.05) is 17.6 Å². The molecule has 0 atom stereocenters. The predicted molar refractivity (Wildman–Crippen MR) is 93.2 cm³/mol. The van der Waals surface area contributed by atoms with Crippen LogP contribution in [0.3, 0.4) is 0 Å². The zero-order valence-electron chi connectivity index (χ0n) is 13.2. The van der Waals surface area contributed by atoms with Crippen molar-refractivity contribution < 1.29 is 19.1 Å². The Bertz CT molecular complexity index is 944. The number of ether oxygens (including phenoxy) is 2. The van der Waals surface area contributed by atoms with Gasteiger partial charge in [-0.2, -0.15) is 0 Å². The van der Waals surface area contributed by atoms with Gasteiger partial charge in [-0.3, -0.25) is 15.1 Å². The second-order valence-electron chi connectivity index (χ2n) is 5.02. The van der Waals surface area contributed by atoms with Crippen LogP contribution in [0.4, 0.5) is 4.79 Å². The number of fused-ring (bicyclic) bond motifs is 1. The summed E-state index contributed by atoms with van der Waals surface area (Å²) in [6.07, 6.45) is 0.664. The molecule has 7 heteroatoms. The van der Waals surface area contributed by atoms with Crippen LogP contribution in [0.25, 0.3) is 10.9 Å². The van der Waals surface area contributed by atoms with Gasteiger partial charge < -0.3 is 9.47 Å². The molecule has 3 rings (SSSR count). The highest BCUT2D eigenvalue weighted by atomic mass is 35.5. The zero-order valence-corrected chi connectivity index (χ0v) is 13.9. The van der Waals surface area contributed by atoms with Crippen molar-refractivity contribution in [1.82, 2.24) is 10.3 Å². The molecule has 25 heavy (non-hydrogen) atoms. The molecule has 0 saturated heterocycles. The van der Waals surface area contributed by atoms with E-state index >= 15 is 0 Å². The molecular weight excluding hydrogens is 344 g/mol. The monoisotopic (exact) mass is 356 g/mol. The van der Waals surface area contributed by atoms with E-state index in [0.29, 0.717) is 21.7 Å². The minimum atomic E-state index is -0.893. The van der Waals surface area contributed by atoms with Crippen LogP contribution in [0, 0.1) is 0 Å². The van der Waals surface area contributed by atoms with Gasteiger partial charge in [0.2, 0.25) is 0 Å². The number of imide groups is 1. The number of pyridine rings is 1. The summed E-state index contributed by atoms with van der Waals surface area (Å²) in [7, 11) is 1.42. The molecule has 0 spiro atoms. The number of nitrogens with one attached hydrogen (secondary N) is 1. The van der Waals surface area contributed by atoms with E-state index in [1.54, 1.807) is 48.7 Å². The van der Waals surface area contributed by atoms with Crippen LogP contribution >= 0.6 is 11.6 Å². The summed E-state index contributed by atoms with van der Waals surface area (Å²) in [4.78, 5) is 28.5. The van der Waals surface area contributed by atoms with Crippen molar-refractivity contribution in [3.63, 3.8) is 0 Å². The normalized spacial score (nSPS) is 10.3. The Morgan fingerprint density at radius 2 is 1.88 bits per heavy atom. The van der Waals surface area contributed by atoms with Crippen molar-refractivity contribution in [2.24, 2.45) is 0 Å². The molecule has 1 heterocycles. The summed E-state index contributed by atoms with van der Waals surface area (Å²) in [5.74, 6) is -0.0719. The minimum Gasteiger partial charge on any atom is -0.496 e. The molecule has 6 nitrogen and oxygen atoms in total. The van der Waals surface area contributed by atoms with Crippen molar-refractivity contribution in [3.05, 3.63) is 65.3 Å². The number of halogens is 1. The Morgan fingerprint density at radius 1 is 1.12 bits per heavy atom. The van der Waals surface area contributed by atoms with E-state index in [9.17, 15) is 9.59 Å². The van der Waals surface area contributed by atoms with E-state index in [-0.39, 0.29) is 11.3 Å². The molecule has 0 radical (unpaired) electrons. The second kappa shape index (κ2) is 7.19.